The zero-order valence-electron chi connectivity index (χ0n) is 11.7. The highest BCUT2D eigenvalue weighted by Gasteiger charge is 2.24. The van der Waals surface area contributed by atoms with Crippen LogP contribution in [0, 0.1) is 6.92 Å². The van der Waals surface area contributed by atoms with Crippen LogP contribution >= 0.6 is 22.6 Å². The summed E-state index contributed by atoms with van der Waals surface area (Å²) in [6.07, 6.45) is 6.37. The number of halogens is 1. The van der Waals surface area contributed by atoms with E-state index in [9.17, 15) is 8.42 Å². The molecule has 110 valence electrons. The molecule has 0 unspecified atom stereocenters. The first-order valence-electron chi connectivity index (χ1n) is 6.91. The molecule has 0 bridgehead atoms. The number of sulfonamides is 1. The Kier molecular flexibility index (Phi) is 5.63. The number of nitrogens with zero attached hydrogens (tertiary/aromatic N) is 1. The van der Waals surface area contributed by atoms with Crippen LogP contribution in [0.25, 0.3) is 0 Å². The van der Waals surface area contributed by atoms with Crippen molar-refractivity contribution < 1.29 is 8.42 Å². The number of hydrogen-bond acceptors (Lipinski definition) is 2. The summed E-state index contributed by atoms with van der Waals surface area (Å²) in [4.78, 5) is 0.395. The van der Waals surface area contributed by atoms with E-state index in [2.05, 4.69) is 28.7 Å². The predicted octanol–water partition coefficient (Wildman–Crippen LogP) is 3.88. The van der Waals surface area contributed by atoms with Crippen molar-refractivity contribution in [3.8, 4) is 0 Å². The SMILES string of the molecule is Cc1ccc(S(=O)(=O)N2CCCCC/C=C(/I)C2)cc1. The second-order valence-electron chi connectivity index (χ2n) is 5.15. The lowest BCUT2D eigenvalue weighted by Gasteiger charge is -2.21. The van der Waals surface area contributed by atoms with Crippen molar-refractivity contribution in [1.29, 1.82) is 0 Å². The summed E-state index contributed by atoms with van der Waals surface area (Å²) in [5.41, 5.74) is 1.07. The van der Waals surface area contributed by atoms with E-state index >= 15 is 0 Å². The highest BCUT2D eigenvalue weighted by atomic mass is 127. The zero-order chi connectivity index (χ0) is 14.6. The first kappa shape index (κ1) is 16.0. The molecule has 5 heteroatoms. The van der Waals surface area contributed by atoms with Crippen LogP contribution in [0.4, 0.5) is 0 Å². The van der Waals surface area contributed by atoms with Crippen molar-refractivity contribution in [2.45, 2.75) is 37.5 Å². The molecule has 0 aliphatic carbocycles. The maximum absolute atomic E-state index is 12.7. The third-order valence-electron chi connectivity index (χ3n) is 3.46. The van der Waals surface area contributed by atoms with Crippen molar-refractivity contribution in [2.75, 3.05) is 13.1 Å². The van der Waals surface area contributed by atoms with Crippen LogP contribution < -0.4 is 0 Å². The van der Waals surface area contributed by atoms with Crippen molar-refractivity contribution >= 4 is 32.6 Å². The van der Waals surface area contributed by atoms with E-state index in [-0.39, 0.29) is 0 Å². The molecule has 1 aromatic rings. The summed E-state index contributed by atoms with van der Waals surface area (Å²) in [6, 6.07) is 7.11. The fraction of sp³-hybridized carbons (Fsp3) is 0.467. The molecule has 1 aromatic carbocycles. The van der Waals surface area contributed by atoms with Crippen molar-refractivity contribution in [3.63, 3.8) is 0 Å². The summed E-state index contributed by atoms with van der Waals surface area (Å²) < 4.78 is 28.2. The second-order valence-corrected chi connectivity index (χ2v) is 8.48. The van der Waals surface area contributed by atoms with E-state index < -0.39 is 10.0 Å². The molecule has 1 heterocycles. The lowest BCUT2D eigenvalue weighted by Crippen LogP contribution is -2.33. The molecule has 2 rings (SSSR count). The van der Waals surface area contributed by atoms with Gasteiger partial charge in [-0.05, 0) is 60.9 Å². The first-order valence-corrected chi connectivity index (χ1v) is 9.43. The summed E-state index contributed by atoms with van der Waals surface area (Å²) in [5.74, 6) is 0. The highest BCUT2D eigenvalue weighted by Crippen LogP contribution is 2.22. The third kappa shape index (κ3) is 4.05. The topological polar surface area (TPSA) is 37.4 Å². The van der Waals surface area contributed by atoms with Gasteiger partial charge >= 0.3 is 0 Å². The van der Waals surface area contributed by atoms with Gasteiger partial charge in [-0.3, -0.25) is 0 Å². The molecule has 0 saturated heterocycles. The Balaban J connectivity index is 2.28. The molecule has 0 fully saturated rings. The van der Waals surface area contributed by atoms with Gasteiger partial charge in [-0.25, -0.2) is 8.42 Å². The molecule has 0 radical (unpaired) electrons. The van der Waals surface area contributed by atoms with E-state index in [1.807, 2.05) is 19.1 Å². The first-order chi connectivity index (χ1) is 9.50. The minimum atomic E-state index is -3.38. The van der Waals surface area contributed by atoms with E-state index in [1.54, 1.807) is 16.4 Å². The number of aryl methyl sites for hydroxylation is 1. The molecule has 0 aromatic heterocycles. The second kappa shape index (κ2) is 7.04. The van der Waals surface area contributed by atoms with Crippen LogP contribution in [-0.4, -0.2) is 25.8 Å². The maximum atomic E-state index is 12.7. The summed E-state index contributed by atoms with van der Waals surface area (Å²) in [7, 11) is -3.38. The Hall–Kier alpha value is -0.400. The molecule has 0 spiro atoms. The standard InChI is InChI=1S/C15H20INO2S/c1-13-7-9-15(10-8-13)20(18,19)17-11-5-3-2-4-6-14(16)12-17/h6-10H,2-5,11-12H2,1H3/b14-6+. The predicted molar refractivity (Wildman–Crippen MR) is 90.5 cm³/mol. The Bertz CT molecular complexity index is 578. The van der Waals surface area contributed by atoms with Crippen LogP contribution in [0.5, 0.6) is 0 Å². The normalized spacial score (nSPS) is 21.4. The minimum absolute atomic E-state index is 0.395. The molecule has 0 amide bonds. The summed E-state index contributed by atoms with van der Waals surface area (Å²) in [6.45, 7) is 3.07. The van der Waals surface area contributed by atoms with Crippen LogP contribution in [0.15, 0.2) is 38.8 Å². The van der Waals surface area contributed by atoms with Crippen LogP contribution in [0.1, 0.15) is 31.2 Å². The van der Waals surface area contributed by atoms with Crippen LogP contribution in [0.2, 0.25) is 0 Å². The molecular weight excluding hydrogens is 385 g/mol. The minimum Gasteiger partial charge on any atom is -0.207 e. The number of allylic oxidation sites excluding steroid dienone is 1. The number of hydrogen-bond donors (Lipinski definition) is 0. The summed E-state index contributed by atoms with van der Waals surface area (Å²) >= 11 is 2.25. The fourth-order valence-corrected chi connectivity index (χ4v) is 4.66. The number of benzene rings is 1. The Morgan fingerprint density at radius 1 is 1.10 bits per heavy atom. The molecule has 0 atom stereocenters. The quantitative estimate of drug-likeness (QED) is 0.701. The smallest absolute Gasteiger partial charge is 0.207 e. The highest BCUT2D eigenvalue weighted by molar-refractivity contribution is 14.1. The Morgan fingerprint density at radius 3 is 2.50 bits per heavy atom. The molecule has 1 aliphatic rings. The molecule has 0 saturated carbocycles. The van der Waals surface area contributed by atoms with E-state index in [4.69, 9.17) is 0 Å². The zero-order valence-corrected chi connectivity index (χ0v) is 14.7. The monoisotopic (exact) mass is 405 g/mol. The average molecular weight is 405 g/mol. The fourth-order valence-electron chi connectivity index (χ4n) is 2.24. The van der Waals surface area contributed by atoms with E-state index in [1.165, 1.54) is 0 Å². The largest absolute Gasteiger partial charge is 0.243 e. The molecule has 1 aliphatic heterocycles. The van der Waals surface area contributed by atoms with Gasteiger partial charge < -0.3 is 0 Å². The van der Waals surface area contributed by atoms with Gasteiger partial charge in [0.1, 0.15) is 0 Å². The molecule has 3 nitrogen and oxygen atoms in total. The van der Waals surface area contributed by atoms with Gasteiger partial charge in [0, 0.05) is 16.7 Å². The van der Waals surface area contributed by atoms with Gasteiger partial charge in [0.15, 0.2) is 0 Å². The molecule has 20 heavy (non-hydrogen) atoms. The lowest BCUT2D eigenvalue weighted by atomic mass is 10.2. The van der Waals surface area contributed by atoms with Crippen molar-refractivity contribution in [1.82, 2.24) is 4.31 Å². The Morgan fingerprint density at radius 2 is 1.80 bits per heavy atom. The van der Waals surface area contributed by atoms with E-state index in [0.29, 0.717) is 18.0 Å². The summed E-state index contributed by atoms with van der Waals surface area (Å²) in [5, 5.41) is 0. The third-order valence-corrected chi connectivity index (χ3v) is 6.10. The van der Waals surface area contributed by atoms with E-state index in [0.717, 1.165) is 34.8 Å². The van der Waals surface area contributed by atoms with Gasteiger partial charge in [0.2, 0.25) is 10.0 Å². The van der Waals surface area contributed by atoms with Gasteiger partial charge in [-0.15, -0.1) is 0 Å². The number of rotatable bonds is 2. The maximum Gasteiger partial charge on any atom is 0.243 e. The molecular formula is C15H20INO2S. The average Bonchev–Trinajstić information content (AvgIpc) is 2.51. The molecule has 0 N–H and O–H groups in total. The van der Waals surface area contributed by atoms with Crippen LogP contribution in [0.3, 0.4) is 0 Å². The van der Waals surface area contributed by atoms with Gasteiger partial charge in [0.25, 0.3) is 0 Å². The Labute approximate surface area is 135 Å². The van der Waals surface area contributed by atoms with Gasteiger partial charge in [0.05, 0.1) is 4.90 Å². The van der Waals surface area contributed by atoms with Crippen molar-refractivity contribution in [2.24, 2.45) is 0 Å². The van der Waals surface area contributed by atoms with Crippen LogP contribution in [-0.2, 0) is 10.0 Å². The van der Waals surface area contributed by atoms with Gasteiger partial charge in [-0.2, -0.15) is 4.31 Å². The lowest BCUT2D eigenvalue weighted by molar-refractivity contribution is 0.429. The van der Waals surface area contributed by atoms with Crippen molar-refractivity contribution in [3.05, 3.63) is 39.5 Å². The van der Waals surface area contributed by atoms with Gasteiger partial charge in [-0.1, -0.05) is 30.2 Å².